The topological polar surface area (TPSA) is 185 Å². The van der Waals surface area contributed by atoms with Gasteiger partial charge in [-0.3, -0.25) is 14.4 Å². The molecule has 2 saturated heterocycles. The molecule has 4 heterocycles. The Morgan fingerprint density at radius 1 is 0.961 bits per heavy atom. The van der Waals surface area contributed by atoms with E-state index in [9.17, 15) is 23.9 Å². The van der Waals surface area contributed by atoms with Crippen LogP contribution in [0.4, 0.5) is 4.39 Å². The number of esters is 1. The molecule has 0 spiro atoms. The van der Waals surface area contributed by atoms with Crippen molar-refractivity contribution in [2.75, 3.05) is 27.9 Å². The van der Waals surface area contributed by atoms with Gasteiger partial charge in [-0.1, -0.05) is 78.3 Å². The molecule has 1 aromatic carbocycles. The van der Waals surface area contributed by atoms with Gasteiger partial charge >= 0.3 is 5.97 Å². The zero-order valence-corrected chi connectivity index (χ0v) is 49.6. The van der Waals surface area contributed by atoms with Crippen LogP contribution in [0.25, 0.3) is 0 Å². The van der Waals surface area contributed by atoms with Crippen molar-refractivity contribution in [1.29, 1.82) is 0 Å². The number of Topliss-reactive ketones (excluding diaryl/α,β-unsaturated/α-hetero) is 2. The van der Waals surface area contributed by atoms with Gasteiger partial charge in [-0.2, -0.15) is 0 Å². The Hall–Kier alpha value is -3.94. The number of allylic oxidation sites excluding steroid dienone is 3. The molecule has 1 saturated carbocycles. The van der Waals surface area contributed by atoms with E-state index in [4.69, 9.17) is 32.8 Å². The molecule has 4 aliphatic rings. The first-order valence-corrected chi connectivity index (χ1v) is 31.2. The molecule has 17 heteroatoms. The smallest absolute Gasteiger partial charge is 0.329 e. The second-order valence-corrected chi connectivity index (χ2v) is 29.2. The van der Waals surface area contributed by atoms with E-state index in [1.54, 1.807) is 46.7 Å². The van der Waals surface area contributed by atoms with Crippen LogP contribution >= 0.6 is 0 Å². The maximum absolute atomic E-state index is 15.1. The second-order valence-electron chi connectivity index (χ2n) is 24.4. The van der Waals surface area contributed by atoms with Gasteiger partial charge in [-0.05, 0) is 131 Å². The zero-order chi connectivity index (χ0) is 56.6. The van der Waals surface area contributed by atoms with Crippen molar-refractivity contribution in [2.45, 2.75) is 218 Å². The minimum atomic E-state index is -2.59. The van der Waals surface area contributed by atoms with Crippen LogP contribution in [0, 0.1) is 35.4 Å². The van der Waals surface area contributed by atoms with Crippen LogP contribution in [0.2, 0.25) is 18.1 Å². The first-order chi connectivity index (χ1) is 36.3. The number of hydrogen-bond acceptors (Lipinski definition) is 13. The quantitative estimate of drug-likeness (QED) is 0.0837. The van der Waals surface area contributed by atoms with Gasteiger partial charge < -0.3 is 47.8 Å². The summed E-state index contributed by atoms with van der Waals surface area (Å²) in [6.45, 7) is 22.6. The number of aromatic amines is 1. The monoisotopic (exact) mass is 1090 g/mol. The Kier molecular flexibility index (Phi) is 21.8. The Balaban J connectivity index is 1.39. The largest absolute Gasteiger partial charge is 0.456 e. The number of cyclic esters (lactones) is 1. The summed E-state index contributed by atoms with van der Waals surface area (Å²) in [5, 5.41) is 12.1. The molecule has 15 atom stereocenters. The number of methoxy groups -OCH3 is 3. The van der Waals surface area contributed by atoms with E-state index in [1.807, 2.05) is 33.8 Å². The van der Waals surface area contributed by atoms with E-state index >= 15 is 4.79 Å². The van der Waals surface area contributed by atoms with Crippen LogP contribution in [0.5, 0.6) is 0 Å². The van der Waals surface area contributed by atoms with Crippen molar-refractivity contribution in [1.82, 2.24) is 14.9 Å². The number of H-pyrrole nitrogens is 1. The van der Waals surface area contributed by atoms with Crippen LogP contribution in [-0.2, 0) is 58.4 Å². The van der Waals surface area contributed by atoms with E-state index in [0.717, 1.165) is 16.7 Å². The van der Waals surface area contributed by atoms with E-state index in [1.165, 1.54) is 17.0 Å². The molecule has 2 aromatic rings. The zero-order valence-electron chi connectivity index (χ0n) is 48.6. The predicted molar refractivity (Wildman–Crippen MR) is 294 cm³/mol. The predicted octanol–water partition coefficient (Wildman–Crippen LogP) is 10.4. The lowest BCUT2D eigenvalue weighted by Gasteiger charge is -2.47. The first kappa shape index (κ1) is 62.3. The molecule has 1 aromatic heterocycles. The number of imidazole rings is 1. The molecule has 2 bridgehead atoms. The third-order valence-electron chi connectivity index (χ3n) is 17.6. The summed E-state index contributed by atoms with van der Waals surface area (Å²) < 4.78 is 59.7. The normalized spacial score (nSPS) is 34.3. The number of ketones is 2. The molecule has 1 amide bonds. The third kappa shape index (κ3) is 15.3. The molecule has 77 heavy (non-hydrogen) atoms. The number of carbonyl (C=O) groups excluding carboxylic acids is 4. The molecule has 15 unspecified atom stereocenters. The van der Waals surface area contributed by atoms with Gasteiger partial charge in [0.1, 0.15) is 41.8 Å². The van der Waals surface area contributed by atoms with Crippen molar-refractivity contribution >= 4 is 31.8 Å². The molecule has 1 aliphatic carbocycles. The van der Waals surface area contributed by atoms with Crippen molar-refractivity contribution < 1.29 is 61.5 Å². The lowest BCUT2D eigenvalue weighted by Crippen LogP contribution is -2.64. The van der Waals surface area contributed by atoms with Crippen LogP contribution in [0.15, 0.2) is 60.0 Å². The van der Waals surface area contributed by atoms with Crippen LogP contribution in [0.3, 0.4) is 0 Å². The van der Waals surface area contributed by atoms with Gasteiger partial charge in [0, 0.05) is 70.9 Å². The highest BCUT2D eigenvalue weighted by Crippen LogP contribution is 2.43. The lowest BCUT2D eigenvalue weighted by atomic mass is 9.81. The Morgan fingerprint density at radius 3 is 2.30 bits per heavy atom. The molecule has 430 valence electrons. The fourth-order valence-corrected chi connectivity index (χ4v) is 13.4. The number of benzene rings is 1. The van der Waals surface area contributed by atoms with E-state index in [2.05, 4.69) is 62.9 Å². The number of nitrogens with zero attached hydrogens (tertiary/aromatic N) is 2. The van der Waals surface area contributed by atoms with Crippen molar-refractivity contribution in [3.05, 3.63) is 77.2 Å². The van der Waals surface area contributed by atoms with Gasteiger partial charge in [0.15, 0.2) is 8.32 Å². The van der Waals surface area contributed by atoms with Crippen molar-refractivity contribution in [2.24, 2.45) is 29.6 Å². The molecule has 15 nitrogen and oxygen atoms in total. The van der Waals surface area contributed by atoms with Gasteiger partial charge in [0.2, 0.25) is 5.79 Å². The lowest BCUT2D eigenvalue weighted by molar-refractivity contribution is -0.302. The maximum Gasteiger partial charge on any atom is 0.329 e. The highest BCUT2D eigenvalue weighted by Gasteiger charge is 2.57. The van der Waals surface area contributed by atoms with Gasteiger partial charge in [0.25, 0.3) is 11.7 Å². The second kappa shape index (κ2) is 27.0. The number of fused-ring (bicyclic) bond motifs is 3. The standard InChI is InChI=1S/C60H92FN3O12Si/c1-15-43-28-36(2)27-37(3)29-50(71-11)54-51(72-12)31-39(5)60(69,75-54)55(66)57(67)64-26-17-16-21-45(64)58(68)74-53(40(6)48(35-46(43)65)76-77(13,14)59(7,8)9)38(4)30-42-22-23-47(49(33-42)70-10)73-52(56-62-24-25-63-56)34-41-19-18-20-44(61)32-41/h18-20,24-25,28,30,32,37,39-40,42-43,45,47-54,69H,15-17,21-23,26-27,29,31,33-35H2,1-14H3,(H,62,63)/b36-28+,38-30?. The van der Waals surface area contributed by atoms with Crippen molar-refractivity contribution in [3.8, 4) is 0 Å². The Morgan fingerprint density at radius 2 is 1.66 bits per heavy atom. The third-order valence-corrected chi connectivity index (χ3v) is 22.1. The minimum Gasteiger partial charge on any atom is -0.456 e. The van der Waals surface area contributed by atoms with Crippen LogP contribution in [-0.4, -0.2) is 134 Å². The fourth-order valence-electron chi connectivity index (χ4n) is 12.0. The Labute approximate surface area is 459 Å². The first-order valence-electron chi connectivity index (χ1n) is 28.3. The number of aliphatic hydroxyl groups is 1. The summed E-state index contributed by atoms with van der Waals surface area (Å²) in [6, 6.07) is 5.33. The molecule has 3 aliphatic heterocycles. The summed E-state index contributed by atoms with van der Waals surface area (Å²) in [4.78, 5) is 68.3. The molecule has 0 radical (unpaired) electrons. The average molecular weight is 1090 g/mol. The summed E-state index contributed by atoms with van der Waals surface area (Å²) in [5.41, 5.74) is 2.57. The van der Waals surface area contributed by atoms with Crippen LogP contribution < -0.4 is 0 Å². The number of ether oxygens (including phenoxy) is 6. The summed E-state index contributed by atoms with van der Waals surface area (Å²) in [6.07, 6.45) is 8.49. The average Bonchev–Trinajstić information content (AvgIpc) is 3.95. The summed E-state index contributed by atoms with van der Waals surface area (Å²) in [5.74, 6) is -6.85. The highest BCUT2D eigenvalue weighted by atomic mass is 28.4. The molecule has 3 fully saturated rings. The SMILES string of the molecule is CCC1/C=C(\C)CC(C)CC(OC)C2OC(O)(C(=O)C(=O)N3CCCCC3C(=O)OC(C(C)=CC3CCC(OC(Cc4cccc(F)c4)c4ncc[nH]4)C(OC)C3)C(C)C(O[Si](C)(C)C(C)(C)C)CC1=O)C(C)CC2OC. The van der Waals surface area contributed by atoms with Gasteiger partial charge in [-0.25, -0.2) is 14.2 Å². The van der Waals surface area contributed by atoms with E-state index < -0.39 is 92.2 Å². The van der Waals surface area contributed by atoms with E-state index in [0.29, 0.717) is 63.6 Å². The Bertz CT molecular complexity index is 2360. The summed E-state index contributed by atoms with van der Waals surface area (Å²) in [7, 11) is 2.18. The van der Waals surface area contributed by atoms with E-state index in [-0.39, 0.29) is 66.5 Å². The maximum atomic E-state index is 15.1. The van der Waals surface area contributed by atoms with Gasteiger partial charge in [-0.15, -0.1) is 0 Å². The van der Waals surface area contributed by atoms with Crippen LogP contribution in [0.1, 0.15) is 150 Å². The number of nitrogens with one attached hydrogen (secondary N) is 1. The molecular formula is C60H92FN3O12Si. The number of amides is 1. The van der Waals surface area contributed by atoms with Gasteiger partial charge in [0.05, 0.1) is 30.5 Å². The number of piperidine rings is 1. The fraction of sp³-hybridized carbons (Fsp3) is 0.717. The summed E-state index contributed by atoms with van der Waals surface area (Å²) >= 11 is 0. The highest BCUT2D eigenvalue weighted by molar-refractivity contribution is 6.74. The number of rotatable bonds is 13. The molecule has 2 N–H and O–H groups in total. The number of halogens is 1. The van der Waals surface area contributed by atoms with Crippen molar-refractivity contribution in [3.63, 3.8) is 0 Å². The minimum absolute atomic E-state index is 0.0263. The number of carbonyl (C=O) groups is 4. The number of aromatic nitrogens is 2. The molecular weight excluding hydrogens is 1000 g/mol. The number of hydrogen-bond donors (Lipinski definition) is 2. The molecule has 6 rings (SSSR count).